The van der Waals surface area contributed by atoms with Gasteiger partial charge in [0.2, 0.25) is 5.28 Å². The standard InChI is InChI=1S/C10H5ClF6N4/c11-8-18-2-6(10(15,16)17)7(20-8)5-1-19-21(3-5)4-9(12,13)14/h1-3H,4H2. The maximum atomic E-state index is 12.8. The van der Waals surface area contributed by atoms with E-state index in [2.05, 4.69) is 15.1 Å². The van der Waals surface area contributed by atoms with E-state index in [-0.39, 0.29) is 5.56 Å². The van der Waals surface area contributed by atoms with Gasteiger partial charge in [-0.2, -0.15) is 31.4 Å². The fourth-order valence-corrected chi connectivity index (χ4v) is 1.68. The van der Waals surface area contributed by atoms with Gasteiger partial charge in [-0.1, -0.05) is 0 Å². The lowest BCUT2D eigenvalue weighted by Crippen LogP contribution is -2.17. The van der Waals surface area contributed by atoms with Crippen LogP contribution in [0.3, 0.4) is 0 Å². The van der Waals surface area contributed by atoms with Crippen molar-refractivity contribution in [3.8, 4) is 11.3 Å². The Hall–Kier alpha value is -1.84. The van der Waals surface area contributed by atoms with E-state index in [4.69, 9.17) is 11.6 Å². The van der Waals surface area contributed by atoms with Gasteiger partial charge in [0.25, 0.3) is 0 Å². The quantitative estimate of drug-likeness (QED) is 0.624. The summed E-state index contributed by atoms with van der Waals surface area (Å²) in [5.41, 5.74) is -2.08. The summed E-state index contributed by atoms with van der Waals surface area (Å²) in [5, 5.41) is 2.90. The van der Waals surface area contributed by atoms with Gasteiger partial charge in [-0.05, 0) is 11.6 Å². The molecule has 21 heavy (non-hydrogen) atoms. The van der Waals surface area contributed by atoms with Gasteiger partial charge in [0.05, 0.1) is 11.9 Å². The first-order valence-electron chi connectivity index (χ1n) is 5.25. The predicted molar refractivity (Wildman–Crippen MR) is 59.3 cm³/mol. The van der Waals surface area contributed by atoms with Crippen LogP contribution in [-0.4, -0.2) is 25.9 Å². The van der Waals surface area contributed by atoms with Crippen molar-refractivity contribution >= 4 is 11.6 Å². The number of nitrogens with zero attached hydrogens (tertiary/aromatic N) is 4. The van der Waals surface area contributed by atoms with Crippen LogP contribution in [-0.2, 0) is 12.7 Å². The van der Waals surface area contributed by atoms with Crippen LogP contribution in [0.15, 0.2) is 18.6 Å². The van der Waals surface area contributed by atoms with E-state index in [1.807, 2.05) is 0 Å². The van der Waals surface area contributed by atoms with Gasteiger partial charge in [-0.15, -0.1) is 0 Å². The van der Waals surface area contributed by atoms with Gasteiger partial charge in [0, 0.05) is 18.0 Å². The first-order valence-corrected chi connectivity index (χ1v) is 5.63. The Morgan fingerprint density at radius 2 is 1.76 bits per heavy atom. The molecule has 2 aromatic heterocycles. The summed E-state index contributed by atoms with van der Waals surface area (Å²) >= 11 is 5.43. The second kappa shape index (κ2) is 5.17. The Morgan fingerprint density at radius 3 is 2.33 bits per heavy atom. The zero-order valence-corrected chi connectivity index (χ0v) is 10.6. The van der Waals surface area contributed by atoms with E-state index in [1.54, 1.807) is 0 Å². The van der Waals surface area contributed by atoms with Crippen molar-refractivity contribution in [1.82, 2.24) is 19.7 Å². The van der Waals surface area contributed by atoms with Crippen LogP contribution in [0.25, 0.3) is 11.3 Å². The molecule has 0 saturated heterocycles. The van der Waals surface area contributed by atoms with E-state index in [0.717, 1.165) is 12.4 Å². The summed E-state index contributed by atoms with van der Waals surface area (Å²) < 4.78 is 75.5. The molecule has 0 atom stereocenters. The highest BCUT2D eigenvalue weighted by Gasteiger charge is 2.36. The highest BCUT2D eigenvalue weighted by atomic mass is 35.5. The number of halogens is 7. The normalized spacial score (nSPS) is 12.7. The molecule has 11 heteroatoms. The Morgan fingerprint density at radius 1 is 1.10 bits per heavy atom. The lowest BCUT2D eigenvalue weighted by Gasteiger charge is -2.10. The van der Waals surface area contributed by atoms with Crippen molar-refractivity contribution in [2.45, 2.75) is 18.9 Å². The topological polar surface area (TPSA) is 43.6 Å². The number of aromatic nitrogens is 4. The summed E-state index contributed by atoms with van der Waals surface area (Å²) in [4.78, 5) is 6.64. The highest BCUT2D eigenvalue weighted by Crippen LogP contribution is 2.36. The zero-order chi connectivity index (χ0) is 15.8. The molecule has 0 fully saturated rings. The summed E-state index contributed by atoms with van der Waals surface area (Å²) in [7, 11) is 0. The molecule has 0 N–H and O–H groups in total. The van der Waals surface area contributed by atoms with E-state index >= 15 is 0 Å². The highest BCUT2D eigenvalue weighted by molar-refractivity contribution is 6.28. The number of rotatable bonds is 2. The molecule has 0 spiro atoms. The molecular formula is C10H5ClF6N4. The largest absolute Gasteiger partial charge is 0.419 e. The average molecular weight is 331 g/mol. The minimum Gasteiger partial charge on any atom is -0.263 e. The fourth-order valence-electron chi connectivity index (χ4n) is 1.54. The first-order chi connectivity index (χ1) is 9.56. The van der Waals surface area contributed by atoms with Crippen molar-refractivity contribution in [1.29, 1.82) is 0 Å². The van der Waals surface area contributed by atoms with E-state index in [0.29, 0.717) is 10.9 Å². The van der Waals surface area contributed by atoms with Gasteiger partial charge in [-0.25, -0.2) is 9.97 Å². The fraction of sp³-hybridized carbons (Fsp3) is 0.300. The molecule has 0 saturated carbocycles. The second-order valence-corrected chi connectivity index (χ2v) is 4.28. The SMILES string of the molecule is FC(F)(F)Cn1cc(-c2nc(Cl)ncc2C(F)(F)F)cn1. The third-order valence-electron chi connectivity index (χ3n) is 2.31. The molecule has 0 aliphatic rings. The Labute approximate surface area is 118 Å². The van der Waals surface area contributed by atoms with Crippen LogP contribution < -0.4 is 0 Å². The number of alkyl halides is 6. The minimum absolute atomic E-state index is 0.240. The molecule has 0 unspecified atom stereocenters. The molecule has 2 rings (SSSR count). The summed E-state index contributed by atoms with van der Waals surface area (Å²) in [6, 6.07) is 0. The molecule has 0 amide bonds. The Bertz CT molecular complexity index is 648. The van der Waals surface area contributed by atoms with Crippen LogP contribution in [0.1, 0.15) is 5.56 Å². The second-order valence-electron chi connectivity index (χ2n) is 3.94. The summed E-state index contributed by atoms with van der Waals surface area (Å²) in [6.45, 7) is -1.42. The Kier molecular flexibility index (Phi) is 3.83. The molecule has 0 aliphatic heterocycles. The van der Waals surface area contributed by atoms with Crippen LogP contribution >= 0.6 is 11.6 Å². The van der Waals surface area contributed by atoms with Crippen LogP contribution in [0.4, 0.5) is 26.3 Å². The van der Waals surface area contributed by atoms with Gasteiger partial charge in [0.15, 0.2) is 0 Å². The smallest absolute Gasteiger partial charge is 0.263 e. The average Bonchev–Trinajstić information content (AvgIpc) is 2.73. The van der Waals surface area contributed by atoms with Gasteiger partial charge < -0.3 is 0 Å². The molecule has 0 aromatic carbocycles. The van der Waals surface area contributed by atoms with Gasteiger partial charge in [0.1, 0.15) is 12.1 Å². The molecule has 0 radical (unpaired) electrons. The van der Waals surface area contributed by atoms with Crippen molar-refractivity contribution in [3.05, 3.63) is 29.4 Å². The van der Waals surface area contributed by atoms with Crippen molar-refractivity contribution in [3.63, 3.8) is 0 Å². The molecule has 2 heterocycles. The predicted octanol–water partition coefficient (Wildman–Crippen LogP) is 3.57. The van der Waals surface area contributed by atoms with Crippen molar-refractivity contribution < 1.29 is 26.3 Å². The van der Waals surface area contributed by atoms with E-state index in [1.165, 1.54) is 0 Å². The van der Waals surface area contributed by atoms with Crippen molar-refractivity contribution in [2.24, 2.45) is 0 Å². The Balaban J connectivity index is 2.45. The molecule has 4 nitrogen and oxygen atoms in total. The van der Waals surface area contributed by atoms with Gasteiger partial charge >= 0.3 is 12.4 Å². The summed E-state index contributed by atoms with van der Waals surface area (Å²) in [5.74, 6) is 0. The summed E-state index contributed by atoms with van der Waals surface area (Å²) in [6.07, 6.45) is -7.20. The maximum Gasteiger partial charge on any atom is 0.419 e. The molecule has 0 aliphatic carbocycles. The van der Waals surface area contributed by atoms with Crippen LogP contribution in [0.2, 0.25) is 5.28 Å². The van der Waals surface area contributed by atoms with E-state index in [9.17, 15) is 26.3 Å². The van der Waals surface area contributed by atoms with Gasteiger partial charge in [-0.3, -0.25) is 4.68 Å². The molecule has 2 aromatic rings. The third-order valence-corrected chi connectivity index (χ3v) is 2.49. The first kappa shape index (κ1) is 15.5. The number of hydrogen-bond donors (Lipinski definition) is 0. The number of hydrogen-bond acceptors (Lipinski definition) is 3. The molecule has 0 bridgehead atoms. The van der Waals surface area contributed by atoms with Crippen LogP contribution in [0, 0.1) is 0 Å². The van der Waals surface area contributed by atoms with E-state index < -0.39 is 35.4 Å². The molecular weight excluding hydrogens is 326 g/mol. The molecule has 114 valence electrons. The zero-order valence-electron chi connectivity index (χ0n) is 9.87. The monoisotopic (exact) mass is 330 g/mol. The van der Waals surface area contributed by atoms with Crippen LogP contribution in [0.5, 0.6) is 0 Å². The van der Waals surface area contributed by atoms with Crippen molar-refractivity contribution in [2.75, 3.05) is 0 Å². The lowest BCUT2D eigenvalue weighted by atomic mass is 10.1. The lowest BCUT2D eigenvalue weighted by molar-refractivity contribution is -0.142. The third kappa shape index (κ3) is 3.84. The maximum absolute atomic E-state index is 12.8. The minimum atomic E-state index is -4.77.